The van der Waals surface area contributed by atoms with Crippen molar-refractivity contribution in [1.82, 2.24) is 14.2 Å². The van der Waals surface area contributed by atoms with Crippen LogP contribution in [0.5, 0.6) is 0 Å². The summed E-state index contributed by atoms with van der Waals surface area (Å²) in [5, 5.41) is 0. The number of benzene rings is 1. The Bertz CT molecular complexity index is 1150. The molecule has 8 nitrogen and oxygen atoms in total. The van der Waals surface area contributed by atoms with Gasteiger partial charge in [0.25, 0.3) is 0 Å². The molecule has 1 aromatic carbocycles. The first kappa shape index (κ1) is 23.1. The van der Waals surface area contributed by atoms with Crippen LogP contribution < -0.4 is 9.80 Å². The minimum Gasteiger partial charge on any atom is -0.361 e. The molecule has 2 saturated heterocycles. The molecule has 3 aliphatic heterocycles. The smallest absolute Gasteiger partial charge is 0.243 e. The van der Waals surface area contributed by atoms with E-state index in [1.54, 1.807) is 16.6 Å². The van der Waals surface area contributed by atoms with Crippen LogP contribution in [0, 0.1) is 0 Å². The summed E-state index contributed by atoms with van der Waals surface area (Å²) in [6, 6.07) is 11.2. The van der Waals surface area contributed by atoms with Crippen LogP contribution in [-0.4, -0.2) is 80.9 Å². The number of fused-ring (bicyclic) bond motifs is 1. The second-order valence-electron chi connectivity index (χ2n) is 10.1. The number of amides is 1. The summed E-state index contributed by atoms with van der Waals surface area (Å²) in [6.07, 6.45) is 3.91. The molecule has 0 saturated carbocycles. The van der Waals surface area contributed by atoms with Crippen LogP contribution in [-0.2, 0) is 20.2 Å². The molecule has 182 valence electrons. The van der Waals surface area contributed by atoms with Gasteiger partial charge in [0.05, 0.1) is 11.4 Å². The average Bonchev–Trinajstić information content (AvgIpc) is 3.46. The van der Waals surface area contributed by atoms with E-state index in [0.717, 1.165) is 43.0 Å². The number of nitrogens with zero attached hydrogens (tertiary/aromatic N) is 5. The van der Waals surface area contributed by atoms with E-state index in [-0.39, 0.29) is 11.3 Å². The third kappa shape index (κ3) is 4.27. The SMILES string of the molecule is CC1(C)CN(CC(=O)N2CCCC2)c2ccc(S(=O)(=O)N3CCN(c4ccccn4)CC3)cc21. The Labute approximate surface area is 202 Å². The van der Waals surface area contributed by atoms with Gasteiger partial charge in [-0.2, -0.15) is 4.31 Å². The normalized spacial score (nSPS) is 20.6. The number of piperazine rings is 1. The van der Waals surface area contributed by atoms with Gasteiger partial charge < -0.3 is 14.7 Å². The molecule has 0 N–H and O–H groups in total. The van der Waals surface area contributed by atoms with Crippen molar-refractivity contribution in [1.29, 1.82) is 0 Å². The molecule has 0 bridgehead atoms. The fraction of sp³-hybridized carbons (Fsp3) is 0.520. The molecule has 34 heavy (non-hydrogen) atoms. The van der Waals surface area contributed by atoms with Gasteiger partial charge in [-0.3, -0.25) is 4.79 Å². The number of hydrogen-bond acceptors (Lipinski definition) is 6. The Kier molecular flexibility index (Phi) is 6.02. The fourth-order valence-electron chi connectivity index (χ4n) is 5.36. The third-order valence-electron chi connectivity index (χ3n) is 7.26. The first-order valence-electron chi connectivity index (χ1n) is 12.1. The number of likely N-dealkylation sites (tertiary alicyclic amines) is 1. The Morgan fingerprint density at radius 2 is 1.74 bits per heavy atom. The molecule has 1 aromatic heterocycles. The van der Waals surface area contributed by atoms with Gasteiger partial charge in [0, 0.05) is 63.1 Å². The number of pyridine rings is 1. The summed E-state index contributed by atoms with van der Waals surface area (Å²) in [4.78, 5) is 23.6. The molecule has 4 heterocycles. The Hall–Kier alpha value is -2.65. The molecule has 0 radical (unpaired) electrons. The highest BCUT2D eigenvalue weighted by molar-refractivity contribution is 7.89. The zero-order valence-corrected chi connectivity index (χ0v) is 20.8. The van der Waals surface area contributed by atoms with Crippen LogP contribution in [0.15, 0.2) is 47.5 Å². The van der Waals surface area contributed by atoms with Crippen LogP contribution in [0.1, 0.15) is 32.3 Å². The molecule has 9 heteroatoms. The molecule has 0 atom stereocenters. The highest BCUT2D eigenvalue weighted by atomic mass is 32.2. The Morgan fingerprint density at radius 1 is 1.00 bits per heavy atom. The van der Waals surface area contributed by atoms with Crippen molar-refractivity contribution in [2.24, 2.45) is 0 Å². The molecule has 0 spiro atoms. The molecule has 2 aromatic rings. The second kappa shape index (κ2) is 8.85. The van der Waals surface area contributed by atoms with E-state index in [2.05, 4.69) is 28.6 Å². The number of anilines is 2. The first-order chi connectivity index (χ1) is 16.3. The van der Waals surface area contributed by atoms with Crippen molar-refractivity contribution in [2.75, 3.05) is 62.2 Å². The van der Waals surface area contributed by atoms with Crippen LogP contribution in [0.3, 0.4) is 0 Å². The second-order valence-corrected chi connectivity index (χ2v) is 12.0. The minimum atomic E-state index is -3.60. The summed E-state index contributed by atoms with van der Waals surface area (Å²) in [5.41, 5.74) is 1.73. The molecule has 2 fully saturated rings. The zero-order chi connectivity index (χ0) is 23.9. The van der Waals surface area contributed by atoms with Gasteiger partial charge >= 0.3 is 0 Å². The van der Waals surface area contributed by atoms with E-state index < -0.39 is 10.0 Å². The fourth-order valence-corrected chi connectivity index (χ4v) is 6.81. The topological polar surface area (TPSA) is 77.1 Å². The Morgan fingerprint density at radius 3 is 2.41 bits per heavy atom. The number of aromatic nitrogens is 1. The molecule has 0 unspecified atom stereocenters. The standard InChI is InChI=1S/C25H33N5O3S/c1-25(2)19-29(18-24(31)28-11-5-6-12-28)22-9-8-20(17-21(22)25)34(32,33)30-15-13-27(14-16-30)23-7-3-4-10-26-23/h3-4,7-10,17H,5-6,11-16,18-19H2,1-2H3. The maximum atomic E-state index is 13.5. The quantitative estimate of drug-likeness (QED) is 0.650. The minimum absolute atomic E-state index is 0.156. The van der Waals surface area contributed by atoms with Crippen molar-refractivity contribution in [2.45, 2.75) is 37.0 Å². The largest absolute Gasteiger partial charge is 0.361 e. The van der Waals surface area contributed by atoms with Crippen molar-refractivity contribution >= 4 is 27.4 Å². The van der Waals surface area contributed by atoms with Gasteiger partial charge in [0.2, 0.25) is 15.9 Å². The zero-order valence-electron chi connectivity index (χ0n) is 20.0. The molecular formula is C25H33N5O3S. The van der Waals surface area contributed by atoms with Crippen molar-refractivity contribution < 1.29 is 13.2 Å². The van der Waals surface area contributed by atoms with E-state index in [9.17, 15) is 13.2 Å². The number of sulfonamides is 1. The van der Waals surface area contributed by atoms with Gasteiger partial charge in [-0.1, -0.05) is 19.9 Å². The number of carbonyl (C=O) groups excluding carboxylic acids is 1. The van der Waals surface area contributed by atoms with E-state index >= 15 is 0 Å². The molecule has 0 aliphatic carbocycles. The maximum Gasteiger partial charge on any atom is 0.243 e. The lowest BCUT2D eigenvalue weighted by molar-refractivity contribution is -0.128. The van der Waals surface area contributed by atoms with E-state index in [1.165, 1.54) is 0 Å². The van der Waals surface area contributed by atoms with E-state index in [0.29, 0.717) is 44.2 Å². The monoisotopic (exact) mass is 483 g/mol. The number of hydrogen-bond donors (Lipinski definition) is 0. The lowest BCUT2D eigenvalue weighted by Crippen LogP contribution is -2.48. The average molecular weight is 484 g/mol. The summed E-state index contributed by atoms with van der Waals surface area (Å²) in [7, 11) is -3.60. The van der Waals surface area contributed by atoms with E-state index in [1.807, 2.05) is 35.2 Å². The summed E-state index contributed by atoms with van der Waals surface area (Å²) in [5.74, 6) is 1.03. The van der Waals surface area contributed by atoms with Crippen LogP contribution in [0.25, 0.3) is 0 Å². The van der Waals surface area contributed by atoms with Crippen LogP contribution in [0.2, 0.25) is 0 Å². The number of rotatable bonds is 5. The van der Waals surface area contributed by atoms with Crippen molar-refractivity contribution in [3.8, 4) is 0 Å². The van der Waals surface area contributed by atoms with Crippen molar-refractivity contribution in [3.63, 3.8) is 0 Å². The summed E-state index contributed by atoms with van der Waals surface area (Å²) >= 11 is 0. The van der Waals surface area contributed by atoms with Gasteiger partial charge in [-0.05, 0) is 48.7 Å². The molecule has 5 rings (SSSR count). The van der Waals surface area contributed by atoms with E-state index in [4.69, 9.17) is 0 Å². The Balaban J connectivity index is 1.32. The summed E-state index contributed by atoms with van der Waals surface area (Å²) < 4.78 is 28.6. The van der Waals surface area contributed by atoms with Gasteiger partial charge in [0.1, 0.15) is 5.82 Å². The third-order valence-corrected chi connectivity index (χ3v) is 9.15. The number of carbonyl (C=O) groups is 1. The molecular weight excluding hydrogens is 450 g/mol. The van der Waals surface area contributed by atoms with Crippen LogP contribution in [0.4, 0.5) is 11.5 Å². The lowest BCUT2D eigenvalue weighted by atomic mass is 9.87. The van der Waals surface area contributed by atoms with Crippen molar-refractivity contribution in [3.05, 3.63) is 48.2 Å². The summed E-state index contributed by atoms with van der Waals surface area (Å²) in [6.45, 7) is 9.04. The van der Waals surface area contributed by atoms with Gasteiger partial charge in [-0.25, -0.2) is 13.4 Å². The molecule has 1 amide bonds. The van der Waals surface area contributed by atoms with Gasteiger partial charge in [0.15, 0.2) is 0 Å². The highest BCUT2D eigenvalue weighted by Crippen LogP contribution is 2.42. The maximum absolute atomic E-state index is 13.5. The predicted molar refractivity (Wildman–Crippen MR) is 133 cm³/mol. The van der Waals surface area contributed by atoms with Crippen LogP contribution >= 0.6 is 0 Å². The molecule has 3 aliphatic rings. The first-order valence-corrected chi connectivity index (χ1v) is 13.5. The lowest BCUT2D eigenvalue weighted by Gasteiger charge is -2.34. The van der Waals surface area contributed by atoms with Gasteiger partial charge in [-0.15, -0.1) is 0 Å². The highest BCUT2D eigenvalue weighted by Gasteiger charge is 2.38. The predicted octanol–water partition coefficient (Wildman–Crippen LogP) is 2.31.